The second-order valence-corrected chi connectivity index (χ2v) is 6.39. The predicted molar refractivity (Wildman–Crippen MR) is 70.3 cm³/mol. The average Bonchev–Trinajstić information content (AvgIpc) is 2.31. The van der Waals surface area contributed by atoms with Crippen LogP contribution in [0.3, 0.4) is 0 Å². The standard InChI is InChI=1S/C12H19FN2O2S/c1-5-9(3)15(4)18(16,17)11-7-10(14)6-8(2)12(11)13/h6-7,9H,5,14H2,1-4H3. The number of hydrogen-bond acceptors (Lipinski definition) is 3. The van der Waals surface area contributed by atoms with Crippen LogP contribution in [0, 0.1) is 12.7 Å². The van der Waals surface area contributed by atoms with E-state index in [1.54, 1.807) is 6.92 Å². The zero-order valence-electron chi connectivity index (χ0n) is 11.1. The highest BCUT2D eigenvalue weighted by atomic mass is 32.2. The van der Waals surface area contributed by atoms with E-state index in [1.807, 2.05) is 6.92 Å². The van der Waals surface area contributed by atoms with E-state index in [0.29, 0.717) is 6.42 Å². The summed E-state index contributed by atoms with van der Waals surface area (Å²) in [5, 5.41) is 0. The molecule has 0 amide bonds. The van der Waals surface area contributed by atoms with Crippen molar-refractivity contribution in [3.63, 3.8) is 0 Å². The van der Waals surface area contributed by atoms with Crippen LogP contribution in [0.25, 0.3) is 0 Å². The normalized spacial score (nSPS) is 13.9. The summed E-state index contributed by atoms with van der Waals surface area (Å²) in [6.07, 6.45) is 0.651. The monoisotopic (exact) mass is 274 g/mol. The van der Waals surface area contributed by atoms with Gasteiger partial charge in [0.15, 0.2) is 0 Å². The first-order valence-corrected chi connectivity index (χ1v) is 7.19. The van der Waals surface area contributed by atoms with Gasteiger partial charge in [-0.25, -0.2) is 12.8 Å². The largest absolute Gasteiger partial charge is 0.399 e. The minimum atomic E-state index is -3.85. The summed E-state index contributed by atoms with van der Waals surface area (Å²) in [6.45, 7) is 5.14. The van der Waals surface area contributed by atoms with Crippen LogP contribution in [-0.4, -0.2) is 25.8 Å². The third-order valence-electron chi connectivity index (χ3n) is 3.11. The summed E-state index contributed by atoms with van der Waals surface area (Å²) < 4.78 is 39.7. The molecule has 1 atom stereocenters. The number of nitrogens with zero attached hydrogens (tertiary/aromatic N) is 1. The molecular weight excluding hydrogens is 255 g/mol. The number of nitrogen functional groups attached to an aromatic ring is 1. The highest BCUT2D eigenvalue weighted by molar-refractivity contribution is 7.89. The molecule has 0 fully saturated rings. The van der Waals surface area contributed by atoms with E-state index in [2.05, 4.69) is 0 Å². The van der Waals surface area contributed by atoms with E-state index in [4.69, 9.17) is 5.73 Å². The van der Waals surface area contributed by atoms with E-state index in [0.717, 1.165) is 6.07 Å². The molecule has 0 spiro atoms. The molecule has 1 aromatic carbocycles. The Morgan fingerprint density at radius 1 is 1.44 bits per heavy atom. The van der Waals surface area contributed by atoms with Crippen LogP contribution in [0.5, 0.6) is 0 Å². The molecule has 1 rings (SSSR count). The van der Waals surface area contributed by atoms with E-state index < -0.39 is 15.8 Å². The van der Waals surface area contributed by atoms with Gasteiger partial charge in [-0.05, 0) is 38.0 Å². The number of hydrogen-bond donors (Lipinski definition) is 1. The Kier molecular flexibility index (Phi) is 4.34. The molecule has 102 valence electrons. The number of halogens is 1. The Balaban J connectivity index is 3.37. The second kappa shape index (κ2) is 5.24. The third kappa shape index (κ3) is 2.64. The molecule has 6 heteroatoms. The summed E-state index contributed by atoms with van der Waals surface area (Å²) in [6, 6.07) is 2.38. The average molecular weight is 274 g/mol. The Labute approximate surface area is 108 Å². The molecule has 0 radical (unpaired) electrons. The van der Waals surface area contributed by atoms with Crippen molar-refractivity contribution in [2.24, 2.45) is 0 Å². The van der Waals surface area contributed by atoms with Crippen LogP contribution in [-0.2, 0) is 10.0 Å². The topological polar surface area (TPSA) is 63.4 Å². The number of benzene rings is 1. The van der Waals surface area contributed by atoms with Gasteiger partial charge in [-0.1, -0.05) is 6.92 Å². The van der Waals surface area contributed by atoms with Gasteiger partial charge < -0.3 is 5.73 Å². The lowest BCUT2D eigenvalue weighted by Crippen LogP contribution is -2.35. The molecule has 0 aromatic heterocycles. The van der Waals surface area contributed by atoms with Crippen LogP contribution in [0.4, 0.5) is 10.1 Å². The lowest BCUT2D eigenvalue weighted by molar-refractivity contribution is 0.378. The first kappa shape index (κ1) is 14.9. The van der Waals surface area contributed by atoms with Gasteiger partial charge in [-0.15, -0.1) is 0 Å². The van der Waals surface area contributed by atoms with Gasteiger partial charge in [0.05, 0.1) is 0 Å². The number of nitrogens with two attached hydrogens (primary N) is 1. The quantitative estimate of drug-likeness (QED) is 0.856. The van der Waals surface area contributed by atoms with Gasteiger partial charge in [0.2, 0.25) is 10.0 Å². The first-order valence-electron chi connectivity index (χ1n) is 5.75. The van der Waals surface area contributed by atoms with Gasteiger partial charge in [-0.3, -0.25) is 0 Å². The summed E-state index contributed by atoms with van der Waals surface area (Å²) >= 11 is 0. The molecule has 0 bridgehead atoms. The van der Waals surface area contributed by atoms with Crippen molar-refractivity contribution in [3.8, 4) is 0 Å². The van der Waals surface area contributed by atoms with Crippen molar-refractivity contribution in [1.29, 1.82) is 0 Å². The van der Waals surface area contributed by atoms with Crippen LogP contribution >= 0.6 is 0 Å². The maximum Gasteiger partial charge on any atom is 0.246 e. The Hall–Kier alpha value is -1.14. The Bertz CT molecular complexity index is 543. The maximum absolute atomic E-state index is 13.9. The van der Waals surface area contributed by atoms with Gasteiger partial charge in [0.25, 0.3) is 0 Å². The lowest BCUT2D eigenvalue weighted by atomic mass is 10.2. The Morgan fingerprint density at radius 3 is 2.50 bits per heavy atom. The van der Waals surface area contributed by atoms with Gasteiger partial charge in [0.1, 0.15) is 10.7 Å². The SMILES string of the molecule is CCC(C)N(C)S(=O)(=O)c1cc(N)cc(C)c1F. The highest BCUT2D eigenvalue weighted by Crippen LogP contribution is 2.25. The van der Waals surface area contributed by atoms with Crippen LogP contribution in [0.15, 0.2) is 17.0 Å². The van der Waals surface area contributed by atoms with Crippen molar-refractivity contribution in [2.75, 3.05) is 12.8 Å². The zero-order chi connectivity index (χ0) is 14.1. The smallest absolute Gasteiger partial charge is 0.246 e. The number of sulfonamides is 1. The van der Waals surface area contributed by atoms with Gasteiger partial charge >= 0.3 is 0 Å². The van der Waals surface area contributed by atoms with E-state index in [1.165, 1.54) is 24.3 Å². The minimum absolute atomic E-state index is 0.198. The van der Waals surface area contributed by atoms with Crippen LogP contribution in [0.2, 0.25) is 0 Å². The van der Waals surface area contributed by atoms with Gasteiger partial charge in [-0.2, -0.15) is 4.31 Å². The predicted octanol–water partition coefficient (Wildman–Crippen LogP) is 2.14. The molecule has 1 unspecified atom stereocenters. The molecule has 0 aliphatic carbocycles. The van der Waals surface area contributed by atoms with Crippen molar-refractivity contribution < 1.29 is 12.8 Å². The Morgan fingerprint density at radius 2 is 2.00 bits per heavy atom. The van der Waals surface area contributed by atoms with Crippen molar-refractivity contribution in [3.05, 3.63) is 23.5 Å². The number of anilines is 1. The summed E-state index contributed by atoms with van der Waals surface area (Å²) in [4.78, 5) is -0.359. The fraction of sp³-hybridized carbons (Fsp3) is 0.500. The lowest BCUT2D eigenvalue weighted by Gasteiger charge is -2.23. The molecule has 0 aliphatic heterocycles. The molecule has 4 nitrogen and oxygen atoms in total. The van der Waals surface area contributed by atoms with E-state index >= 15 is 0 Å². The summed E-state index contributed by atoms with van der Waals surface area (Å²) in [5.74, 6) is -0.737. The minimum Gasteiger partial charge on any atom is -0.399 e. The third-order valence-corrected chi connectivity index (χ3v) is 5.08. The molecule has 18 heavy (non-hydrogen) atoms. The van der Waals surface area contributed by atoms with Crippen LogP contribution in [0.1, 0.15) is 25.8 Å². The van der Waals surface area contributed by atoms with Gasteiger partial charge in [0, 0.05) is 18.8 Å². The molecule has 1 aromatic rings. The first-order chi connectivity index (χ1) is 8.21. The van der Waals surface area contributed by atoms with E-state index in [-0.39, 0.29) is 22.2 Å². The molecule has 0 aliphatic rings. The number of rotatable bonds is 4. The highest BCUT2D eigenvalue weighted by Gasteiger charge is 2.28. The molecule has 0 heterocycles. The van der Waals surface area contributed by atoms with Crippen LogP contribution < -0.4 is 5.73 Å². The van der Waals surface area contributed by atoms with Crippen molar-refractivity contribution >= 4 is 15.7 Å². The molecule has 0 saturated heterocycles. The zero-order valence-corrected chi connectivity index (χ0v) is 11.9. The number of aryl methyl sites for hydroxylation is 1. The second-order valence-electron chi connectivity index (χ2n) is 4.43. The maximum atomic E-state index is 13.9. The van der Waals surface area contributed by atoms with Crippen molar-refractivity contribution in [1.82, 2.24) is 4.31 Å². The fourth-order valence-corrected chi connectivity index (χ4v) is 3.21. The van der Waals surface area contributed by atoms with E-state index in [9.17, 15) is 12.8 Å². The molecular formula is C12H19FN2O2S. The summed E-state index contributed by atoms with van der Waals surface area (Å²) in [7, 11) is -2.40. The molecule has 0 saturated carbocycles. The fourth-order valence-electron chi connectivity index (χ4n) is 1.60. The molecule has 2 N–H and O–H groups in total. The van der Waals surface area contributed by atoms with Crippen molar-refractivity contribution in [2.45, 2.75) is 38.1 Å². The summed E-state index contributed by atoms with van der Waals surface area (Å²) in [5.41, 5.74) is 6.05.